The lowest BCUT2D eigenvalue weighted by Crippen LogP contribution is -2.39. The minimum Gasteiger partial charge on any atom is -0.382 e. The number of nitrogen functional groups attached to an aromatic ring is 1. The molecular formula is C14H24N4O2S. The van der Waals surface area contributed by atoms with Crippen molar-refractivity contribution in [3.8, 4) is 0 Å². The molecule has 1 amide bonds. The van der Waals surface area contributed by atoms with Crippen molar-refractivity contribution in [1.82, 2.24) is 10.3 Å². The van der Waals surface area contributed by atoms with Crippen molar-refractivity contribution >= 4 is 28.2 Å². The quantitative estimate of drug-likeness (QED) is 0.867. The molecule has 0 atom stereocenters. The first-order valence-corrected chi connectivity index (χ1v) is 8.09. The van der Waals surface area contributed by atoms with Gasteiger partial charge in [0.15, 0.2) is 5.13 Å². The molecular weight excluding hydrogens is 288 g/mol. The molecule has 3 N–H and O–H groups in total. The van der Waals surface area contributed by atoms with Crippen molar-refractivity contribution in [3.63, 3.8) is 0 Å². The van der Waals surface area contributed by atoms with Crippen molar-refractivity contribution in [3.05, 3.63) is 4.88 Å². The molecule has 2 rings (SSSR count). The number of anilines is 2. The fourth-order valence-electron chi connectivity index (χ4n) is 2.15. The number of nitrogens with one attached hydrogen (secondary N) is 1. The van der Waals surface area contributed by atoms with E-state index in [0.717, 1.165) is 18.2 Å². The van der Waals surface area contributed by atoms with Gasteiger partial charge in [0.25, 0.3) is 5.91 Å². The van der Waals surface area contributed by atoms with Gasteiger partial charge in [0.2, 0.25) is 0 Å². The lowest BCUT2D eigenvalue weighted by Gasteiger charge is -2.25. The van der Waals surface area contributed by atoms with E-state index in [1.807, 2.05) is 13.8 Å². The summed E-state index contributed by atoms with van der Waals surface area (Å²) in [5, 5.41) is 3.71. The van der Waals surface area contributed by atoms with Crippen molar-refractivity contribution in [1.29, 1.82) is 0 Å². The maximum absolute atomic E-state index is 12.2. The van der Waals surface area contributed by atoms with Gasteiger partial charge in [-0.15, -0.1) is 0 Å². The molecule has 6 nitrogen and oxygen atoms in total. The predicted molar refractivity (Wildman–Crippen MR) is 86.0 cm³/mol. The third-order valence-electron chi connectivity index (χ3n) is 3.70. The van der Waals surface area contributed by atoms with Crippen LogP contribution < -0.4 is 16.0 Å². The highest BCUT2D eigenvalue weighted by molar-refractivity contribution is 7.18. The zero-order valence-electron chi connectivity index (χ0n) is 12.9. The van der Waals surface area contributed by atoms with Crippen LogP contribution in [0.5, 0.6) is 0 Å². The number of rotatable bonds is 5. The summed E-state index contributed by atoms with van der Waals surface area (Å²) in [4.78, 5) is 19.3. The van der Waals surface area contributed by atoms with Crippen LogP contribution in [0.15, 0.2) is 0 Å². The molecule has 1 aliphatic heterocycles. The molecule has 2 heterocycles. The van der Waals surface area contributed by atoms with Crippen LogP contribution in [-0.2, 0) is 4.74 Å². The number of aromatic nitrogens is 1. The second-order valence-corrected chi connectivity index (χ2v) is 6.88. The van der Waals surface area contributed by atoms with Gasteiger partial charge in [-0.3, -0.25) is 4.79 Å². The molecule has 21 heavy (non-hydrogen) atoms. The Hall–Kier alpha value is -1.34. The minimum atomic E-state index is -0.398. The van der Waals surface area contributed by atoms with Crippen molar-refractivity contribution in [2.75, 3.05) is 37.4 Å². The highest BCUT2D eigenvalue weighted by Gasteiger charge is 2.23. The van der Waals surface area contributed by atoms with Gasteiger partial charge in [0, 0.05) is 26.7 Å². The van der Waals surface area contributed by atoms with Crippen LogP contribution in [-0.4, -0.2) is 43.2 Å². The number of ether oxygens (including phenoxy) is 1. The van der Waals surface area contributed by atoms with Gasteiger partial charge in [-0.05, 0) is 33.1 Å². The highest BCUT2D eigenvalue weighted by atomic mass is 32.1. The second kappa shape index (κ2) is 6.62. The Kier molecular flexibility index (Phi) is 5.05. The number of nitrogens with zero attached hydrogens (tertiary/aromatic N) is 2. The van der Waals surface area contributed by atoms with Crippen LogP contribution in [0.2, 0.25) is 0 Å². The van der Waals surface area contributed by atoms with Gasteiger partial charge in [0.1, 0.15) is 10.7 Å². The number of nitrogens with two attached hydrogens (primary N) is 1. The SMILES string of the molecule is COC(C)(C)CNC(=O)c1sc(N2CCCCC2)nc1N. The van der Waals surface area contributed by atoms with E-state index in [-0.39, 0.29) is 5.91 Å². The van der Waals surface area contributed by atoms with Crippen LogP contribution in [0.1, 0.15) is 42.8 Å². The zero-order valence-corrected chi connectivity index (χ0v) is 13.8. The lowest BCUT2D eigenvalue weighted by molar-refractivity contribution is 0.0229. The summed E-state index contributed by atoms with van der Waals surface area (Å²) in [5.74, 6) is 0.131. The van der Waals surface area contributed by atoms with Crippen molar-refractivity contribution in [2.45, 2.75) is 38.7 Å². The molecule has 0 saturated carbocycles. The fraction of sp³-hybridized carbons (Fsp3) is 0.714. The van der Waals surface area contributed by atoms with Crippen molar-refractivity contribution in [2.24, 2.45) is 0 Å². The minimum absolute atomic E-state index is 0.182. The Morgan fingerprint density at radius 2 is 2.10 bits per heavy atom. The number of hydrogen-bond donors (Lipinski definition) is 2. The summed E-state index contributed by atoms with van der Waals surface area (Å²) >= 11 is 1.37. The summed E-state index contributed by atoms with van der Waals surface area (Å²) in [5.41, 5.74) is 5.50. The molecule has 0 spiro atoms. The molecule has 7 heteroatoms. The molecule has 0 radical (unpaired) electrons. The Balaban J connectivity index is 2.02. The van der Waals surface area contributed by atoms with Crippen LogP contribution >= 0.6 is 11.3 Å². The topological polar surface area (TPSA) is 80.5 Å². The molecule has 118 valence electrons. The van der Waals surface area contributed by atoms with Crippen LogP contribution in [0.25, 0.3) is 0 Å². The fourth-order valence-corrected chi connectivity index (χ4v) is 3.10. The Morgan fingerprint density at radius 3 is 2.71 bits per heavy atom. The third-order valence-corrected chi connectivity index (χ3v) is 4.83. The standard InChI is InChI=1S/C14H24N4O2S/c1-14(2,20-3)9-16-12(19)10-11(15)17-13(21-10)18-7-5-4-6-8-18/h4-9,15H2,1-3H3,(H,16,19). The van der Waals surface area contributed by atoms with E-state index in [4.69, 9.17) is 10.5 Å². The number of carbonyl (C=O) groups is 1. The number of hydrogen-bond acceptors (Lipinski definition) is 6. The third kappa shape index (κ3) is 4.07. The maximum Gasteiger partial charge on any atom is 0.265 e. The maximum atomic E-state index is 12.2. The largest absolute Gasteiger partial charge is 0.382 e. The monoisotopic (exact) mass is 312 g/mol. The van der Waals surface area contributed by atoms with Gasteiger partial charge in [-0.2, -0.15) is 0 Å². The average Bonchev–Trinajstić information content (AvgIpc) is 2.88. The van der Waals surface area contributed by atoms with E-state index in [1.165, 1.54) is 30.6 Å². The summed E-state index contributed by atoms with van der Waals surface area (Å²) in [7, 11) is 1.63. The Labute approximate surface area is 129 Å². The van der Waals surface area contributed by atoms with Crippen molar-refractivity contribution < 1.29 is 9.53 Å². The predicted octanol–water partition coefficient (Wildman–Crippen LogP) is 1.87. The van der Waals surface area contributed by atoms with E-state index in [2.05, 4.69) is 15.2 Å². The second-order valence-electron chi connectivity index (χ2n) is 5.91. The summed E-state index contributed by atoms with van der Waals surface area (Å²) < 4.78 is 5.29. The van der Waals surface area contributed by atoms with Crippen LogP contribution in [0.4, 0.5) is 10.9 Å². The van der Waals surface area contributed by atoms with Gasteiger partial charge >= 0.3 is 0 Å². The number of methoxy groups -OCH3 is 1. The molecule has 0 aromatic carbocycles. The molecule has 0 bridgehead atoms. The smallest absolute Gasteiger partial charge is 0.265 e. The normalized spacial score (nSPS) is 16.0. The highest BCUT2D eigenvalue weighted by Crippen LogP contribution is 2.30. The first kappa shape index (κ1) is 16.0. The Morgan fingerprint density at radius 1 is 1.43 bits per heavy atom. The lowest BCUT2D eigenvalue weighted by atomic mass is 10.1. The van der Waals surface area contributed by atoms with E-state index < -0.39 is 5.60 Å². The van der Waals surface area contributed by atoms with Crippen LogP contribution in [0.3, 0.4) is 0 Å². The van der Waals surface area contributed by atoms with E-state index in [9.17, 15) is 4.79 Å². The number of piperidine rings is 1. The number of carbonyl (C=O) groups excluding carboxylic acids is 1. The summed E-state index contributed by atoms with van der Waals surface area (Å²) in [6.45, 7) is 6.25. The molecule has 1 aromatic heterocycles. The molecule has 1 aromatic rings. The van der Waals surface area contributed by atoms with E-state index >= 15 is 0 Å². The van der Waals surface area contributed by atoms with Gasteiger partial charge < -0.3 is 20.7 Å². The molecule has 0 unspecified atom stereocenters. The average molecular weight is 312 g/mol. The molecule has 0 aliphatic carbocycles. The molecule has 1 aliphatic rings. The Bertz CT molecular complexity index is 495. The summed E-state index contributed by atoms with van der Waals surface area (Å²) in [6.07, 6.45) is 3.60. The zero-order chi connectivity index (χ0) is 15.5. The van der Waals surface area contributed by atoms with Gasteiger partial charge in [0.05, 0.1) is 5.60 Å². The van der Waals surface area contributed by atoms with Gasteiger partial charge in [-0.25, -0.2) is 4.98 Å². The van der Waals surface area contributed by atoms with E-state index in [0.29, 0.717) is 17.2 Å². The first-order valence-electron chi connectivity index (χ1n) is 7.27. The van der Waals surface area contributed by atoms with Crippen LogP contribution in [0, 0.1) is 0 Å². The number of thiazole rings is 1. The van der Waals surface area contributed by atoms with E-state index in [1.54, 1.807) is 7.11 Å². The molecule has 1 saturated heterocycles. The number of amides is 1. The first-order chi connectivity index (χ1) is 9.93. The summed E-state index contributed by atoms with van der Waals surface area (Å²) in [6, 6.07) is 0. The van der Waals surface area contributed by atoms with Gasteiger partial charge in [-0.1, -0.05) is 11.3 Å². The molecule has 1 fully saturated rings.